The molecule has 5 atom stereocenters. The minimum absolute atomic E-state index is 0.131. The van der Waals surface area contributed by atoms with E-state index in [2.05, 4.69) is 20.8 Å². The van der Waals surface area contributed by atoms with Crippen LogP contribution in [0.2, 0.25) is 5.04 Å². The molecule has 1 fully saturated rings. The molecule has 1 saturated heterocycles. The van der Waals surface area contributed by atoms with Crippen molar-refractivity contribution in [1.82, 2.24) is 0 Å². The summed E-state index contributed by atoms with van der Waals surface area (Å²) in [6.45, 7) is 10.9. The minimum Gasteiger partial charge on any atom is -0.456 e. The van der Waals surface area contributed by atoms with Crippen LogP contribution in [0.5, 0.6) is 0 Å². The maximum atomic E-state index is 12.2. The van der Waals surface area contributed by atoms with E-state index >= 15 is 0 Å². The molecule has 11 heteroatoms. The Hall–Kier alpha value is -3.54. The van der Waals surface area contributed by atoms with Gasteiger partial charge in [0.15, 0.2) is 12.2 Å². The fourth-order valence-electron chi connectivity index (χ4n) is 5.22. The van der Waals surface area contributed by atoms with E-state index in [0.29, 0.717) is 0 Å². The molecule has 0 N–H and O–H groups in total. The van der Waals surface area contributed by atoms with Gasteiger partial charge in [-0.3, -0.25) is 19.2 Å². The molecule has 0 aromatic heterocycles. The number of carbonyl (C=O) groups is 4. The molecule has 0 unspecified atom stereocenters. The Morgan fingerprint density at radius 1 is 0.659 bits per heavy atom. The highest BCUT2D eigenvalue weighted by molar-refractivity contribution is 6.99. The largest absolute Gasteiger partial charge is 0.456 e. The summed E-state index contributed by atoms with van der Waals surface area (Å²) < 4.78 is 35.0. The Bertz CT molecular complexity index is 1170. The lowest BCUT2D eigenvalue weighted by atomic mass is 9.98. The summed E-state index contributed by atoms with van der Waals surface area (Å²) in [5.74, 6) is -2.86. The van der Waals surface area contributed by atoms with Crippen LogP contribution in [-0.2, 0) is 47.3 Å². The van der Waals surface area contributed by atoms with Crippen molar-refractivity contribution >= 4 is 42.6 Å². The predicted octanol–water partition coefficient (Wildman–Crippen LogP) is 2.65. The Morgan fingerprint density at radius 3 is 1.49 bits per heavy atom. The van der Waals surface area contributed by atoms with E-state index in [1.165, 1.54) is 20.8 Å². The van der Waals surface area contributed by atoms with Gasteiger partial charge in [-0.05, 0) is 15.4 Å². The Labute approximate surface area is 241 Å². The summed E-state index contributed by atoms with van der Waals surface area (Å²) in [5, 5.41) is 1.63. The van der Waals surface area contributed by atoms with Crippen LogP contribution in [0.15, 0.2) is 60.7 Å². The third-order valence-electron chi connectivity index (χ3n) is 6.66. The lowest BCUT2D eigenvalue weighted by Gasteiger charge is -2.47. The molecule has 0 aliphatic carbocycles. The summed E-state index contributed by atoms with van der Waals surface area (Å²) in [6.07, 6.45) is -6.51. The minimum atomic E-state index is -3.08. The SMILES string of the molecule is CC(=O)O[C@@H]1O[C@H](CO[Si](c2ccccc2)(c2ccccc2)C(C)(C)C)[C@@H](OC(C)=O)[C@H](OC(C)=O)[C@H]1OC(C)=O. The molecular weight excluding hydrogens is 548 g/mol. The highest BCUT2D eigenvalue weighted by Gasteiger charge is 2.56. The summed E-state index contributed by atoms with van der Waals surface area (Å²) >= 11 is 0. The van der Waals surface area contributed by atoms with E-state index in [-0.39, 0.29) is 11.6 Å². The Kier molecular flexibility index (Phi) is 10.5. The molecule has 10 nitrogen and oxygen atoms in total. The molecule has 3 rings (SSSR count). The van der Waals surface area contributed by atoms with Crippen LogP contribution in [0.1, 0.15) is 48.5 Å². The predicted molar refractivity (Wildman–Crippen MR) is 151 cm³/mol. The van der Waals surface area contributed by atoms with Gasteiger partial charge in [0.2, 0.25) is 12.4 Å². The van der Waals surface area contributed by atoms with Crippen molar-refractivity contribution in [2.75, 3.05) is 6.61 Å². The summed E-state index contributed by atoms with van der Waals surface area (Å²) in [5.41, 5.74) is 0. The van der Waals surface area contributed by atoms with Crippen molar-refractivity contribution < 1.29 is 47.3 Å². The molecule has 0 bridgehead atoms. The number of rotatable bonds is 9. The number of benzene rings is 2. The quantitative estimate of drug-likeness (QED) is 0.246. The molecule has 0 saturated carbocycles. The van der Waals surface area contributed by atoms with Crippen molar-refractivity contribution in [2.45, 2.75) is 84.2 Å². The maximum Gasteiger partial charge on any atom is 0.305 e. The highest BCUT2D eigenvalue weighted by Crippen LogP contribution is 2.38. The lowest BCUT2D eigenvalue weighted by molar-refractivity contribution is -0.298. The highest BCUT2D eigenvalue weighted by atomic mass is 28.4. The van der Waals surface area contributed by atoms with Crippen LogP contribution in [0, 0.1) is 0 Å². The molecule has 1 aliphatic rings. The number of ether oxygens (including phenoxy) is 5. The monoisotopic (exact) mass is 586 g/mol. The second-order valence-corrected chi connectivity index (χ2v) is 15.2. The van der Waals surface area contributed by atoms with Crippen molar-refractivity contribution in [3.05, 3.63) is 60.7 Å². The molecule has 1 heterocycles. The van der Waals surface area contributed by atoms with Gasteiger partial charge < -0.3 is 28.1 Å². The van der Waals surface area contributed by atoms with Gasteiger partial charge in [0.05, 0.1) is 6.61 Å². The summed E-state index contributed by atoms with van der Waals surface area (Å²) in [4.78, 5) is 48.4. The third-order valence-corrected chi connectivity index (χ3v) is 11.7. The van der Waals surface area contributed by atoms with Crippen LogP contribution >= 0.6 is 0 Å². The van der Waals surface area contributed by atoms with Gasteiger partial charge in [0, 0.05) is 27.7 Å². The molecule has 2 aromatic rings. The first kappa shape index (κ1) is 32.0. The van der Waals surface area contributed by atoms with E-state index < -0.39 is 62.9 Å². The van der Waals surface area contributed by atoms with Gasteiger partial charge in [-0.2, -0.15) is 0 Å². The van der Waals surface area contributed by atoms with E-state index in [9.17, 15) is 19.2 Å². The van der Waals surface area contributed by atoms with Gasteiger partial charge in [-0.1, -0.05) is 81.4 Å². The fraction of sp³-hybridized carbons (Fsp3) is 0.467. The molecule has 1 aliphatic heterocycles. The van der Waals surface area contributed by atoms with Gasteiger partial charge in [-0.15, -0.1) is 0 Å². The first-order valence-corrected chi connectivity index (χ1v) is 15.3. The van der Waals surface area contributed by atoms with E-state index in [0.717, 1.165) is 17.3 Å². The van der Waals surface area contributed by atoms with Gasteiger partial charge in [-0.25, -0.2) is 0 Å². The average molecular weight is 587 g/mol. The van der Waals surface area contributed by atoms with Crippen molar-refractivity contribution in [3.8, 4) is 0 Å². The van der Waals surface area contributed by atoms with Gasteiger partial charge in [0.1, 0.15) is 6.10 Å². The zero-order valence-corrected chi connectivity index (χ0v) is 25.4. The molecule has 0 spiro atoms. The Balaban J connectivity index is 2.13. The second-order valence-electron chi connectivity index (χ2n) is 10.8. The van der Waals surface area contributed by atoms with E-state index in [1.807, 2.05) is 60.7 Å². The topological polar surface area (TPSA) is 124 Å². The zero-order valence-electron chi connectivity index (χ0n) is 24.4. The van der Waals surface area contributed by atoms with Crippen LogP contribution in [0.25, 0.3) is 0 Å². The molecule has 2 aromatic carbocycles. The van der Waals surface area contributed by atoms with Crippen molar-refractivity contribution in [3.63, 3.8) is 0 Å². The van der Waals surface area contributed by atoms with E-state index in [4.69, 9.17) is 28.1 Å². The van der Waals surface area contributed by atoms with Crippen LogP contribution in [-0.4, -0.2) is 69.5 Å². The third kappa shape index (κ3) is 7.60. The van der Waals surface area contributed by atoms with Crippen LogP contribution < -0.4 is 10.4 Å². The Morgan fingerprint density at radius 2 is 1.07 bits per heavy atom. The van der Waals surface area contributed by atoms with Gasteiger partial charge >= 0.3 is 23.9 Å². The fourth-order valence-corrected chi connectivity index (χ4v) is 9.79. The summed E-state index contributed by atoms with van der Waals surface area (Å²) in [6, 6.07) is 19.8. The van der Waals surface area contributed by atoms with E-state index in [1.54, 1.807) is 0 Å². The van der Waals surface area contributed by atoms with Crippen LogP contribution in [0.3, 0.4) is 0 Å². The molecule has 0 radical (unpaired) electrons. The van der Waals surface area contributed by atoms with Gasteiger partial charge in [0.25, 0.3) is 8.32 Å². The molecule has 0 amide bonds. The van der Waals surface area contributed by atoms with Crippen molar-refractivity contribution in [2.24, 2.45) is 0 Å². The van der Waals surface area contributed by atoms with Crippen LogP contribution in [0.4, 0.5) is 0 Å². The first-order valence-electron chi connectivity index (χ1n) is 13.4. The maximum absolute atomic E-state index is 12.2. The second kappa shape index (κ2) is 13.4. The molecule has 41 heavy (non-hydrogen) atoms. The standard InChI is InChI=1S/C30H38O10Si/c1-19(31)36-26-25(40-29(39-22(4)34)28(38-21(3)33)27(26)37-20(2)32)18-35-41(30(5,6)7,23-14-10-8-11-15-23)24-16-12-9-13-17-24/h8-17,25-29H,18H2,1-7H3/t25-,26-,27+,28-,29-/m1/s1. The van der Waals surface area contributed by atoms with Crippen molar-refractivity contribution in [1.29, 1.82) is 0 Å². The molecule has 222 valence electrons. The zero-order chi connectivity index (χ0) is 30.4. The average Bonchev–Trinajstić information content (AvgIpc) is 2.87. The number of carbonyl (C=O) groups excluding carboxylic acids is 4. The first-order chi connectivity index (χ1) is 19.3. The number of hydrogen-bond donors (Lipinski definition) is 0. The smallest absolute Gasteiger partial charge is 0.305 e. The lowest BCUT2D eigenvalue weighted by Crippen LogP contribution is -2.69. The number of hydrogen-bond acceptors (Lipinski definition) is 10. The number of esters is 4. The molecular formula is C30H38O10Si. The summed E-state index contributed by atoms with van der Waals surface area (Å²) in [7, 11) is -3.08. The normalized spacial score (nSPS) is 22.8.